The molecule has 0 aliphatic carbocycles. The van der Waals surface area contributed by atoms with Gasteiger partial charge in [-0.3, -0.25) is 9.52 Å². The van der Waals surface area contributed by atoms with E-state index >= 15 is 0 Å². The topological polar surface area (TPSA) is 79.4 Å². The van der Waals surface area contributed by atoms with Gasteiger partial charge in [0.25, 0.3) is 15.9 Å². The second-order valence-electron chi connectivity index (χ2n) is 7.05. The fraction of sp³-hybridized carbons (Fsp3) is 0.238. The Balaban J connectivity index is 1.48. The van der Waals surface area contributed by atoms with E-state index in [0.29, 0.717) is 18.5 Å². The number of carbonyl (C=O) groups is 1. The molecule has 6 nitrogen and oxygen atoms in total. The highest BCUT2D eigenvalue weighted by atomic mass is 32.2. The first-order valence-corrected chi connectivity index (χ1v) is 11.9. The second kappa shape index (κ2) is 8.53. The summed E-state index contributed by atoms with van der Waals surface area (Å²) in [6, 6.07) is 14.4. The molecule has 1 aromatic heterocycles. The Bertz CT molecular complexity index is 1150. The van der Waals surface area contributed by atoms with Gasteiger partial charge in [-0.05, 0) is 43.0 Å². The Labute approximate surface area is 178 Å². The van der Waals surface area contributed by atoms with Crippen LogP contribution in [0.5, 0.6) is 0 Å². The van der Waals surface area contributed by atoms with Crippen molar-refractivity contribution in [1.82, 2.24) is 9.88 Å². The maximum absolute atomic E-state index is 14.0. The van der Waals surface area contributed by atoms with Crippen molar-refractivity contribution in [3.05, 3.63) is 77.1 Å². The summed E-state index contributed by atoms with van der Waals surface area (Å²) in [7, 11) is -3.77. The third-order valence-electron chi connectivity index (χ3n) is 5.05. The molecule has 0 bridgehead atoms. The molecular formula is C21H20FN3O3S2. The smallest absolute Gasteiger partial charge is 0.273 e. The fourth-order valence-corrected chi connectivity index (χ4v) is 5.53. The highest BCUT2D eigenvalue weighted by Crippen LogP contribution is 2.26. The second-order valence-corrected chi connectivity index (χ2v) is 9.59. The highest BCUT2D eigenvalue weighted by Gasteiger charge is 2.31. The molecule has 1 N–H and O–H groups in total. The average molecular weight is 446 g/mol. The minimum atomic E-state index is -3.77. The molecule has 1 saturated heterocycles. The normalized spacial score (nSPS) is 16.6. The summed E-state index contributed by atoms with van der Waals surface area (Å²) in [4.78, 5) is 19.0. The molecule has 0 spiro atoms. The van der Waals surface area contributed by atoms with Crippen molar-refractivity contribution in [2.24, 2.45) is 0 Å². The van der Waals surface area contributed by atoms with Crippen LogP contribution >= 0.6 is 11.3 Å². The number of nitrogens with zero attached hydrogens (tertiary/aromatic N) is 2. The lowest BCUT2D eigenvalue weighted by Gasteiger charge is -2.24. The van der Waals surface area contributed by atoms with Crippen LogP contribution in [0.4, 0.5) is 9.52 Å². The third kappa shape index (κ3) is 4.36. The van der Waals surface area contributed by atoms with E-state index < -0.39 is 10.0 Å². The largest absolute Gasteiger partial charge is 0.334 e. The molecule has 1 fully saturated rings. The monoisotopic (exact) mass is 445 g/mol. The molecule has 30 heavy (non-hydrogen) atoms. The lowest BCUT2D eigenvalue weighted by atomic mass is 10.0. The van der Waals surface area contributed by atoms with Gasteiger partial charge in [0, 0.05) is 18.0 Å². The number of sulfonamides is 1. The van der Waals surface area contributed by atoms with Crippen molar-refractivity contribution in [3.63, 3.8) is 0 Å². The summed E-state index contributed by atoms with van der Waals surface area (Å²) in [5.41, 5.74) is 0.767. The molecule has 1 atom stereocenters. The van der Waals surface area contributed by atoms with Gasteiger partial charge in [0.1, 0.15) is 11.5 Å². The SMILES string of the molecule is O=C(c1csc(NS(=O)(=O)c2ccccc2)n1)N1CCCC1Cc1ccccc1F. The van der Waals surface area contributed by atoms with E-state index in [2.05, 4.69) is 9.71 Å². The predicted octanol–water partition coefficient (Wildman–Crippen LogP) is 3.93. The number of hydrogen-bond donors (Lipinski definition) is 1. The summed E-state index contributed by atoms with van der Waals surface area (Å²) < 4.78 is 41.3. The summed E-state index contributed by atoms with van der Waals surface area (Å²) in [6.07, 6.45) is 2.07. The molecule has 1 unspecified atom stereocenters. The number of carbonyl (C=O) groups excluding carboxylic acids is 1. The van der Waals surface area contributed by atoms with Crippen molar-refractivity contribution in [1.29, 1.82) is 0 Å². The molecule has 2 heterocycles. The van der Waals surface area contributed by atoms with Crippen molar-refractivity contribution in [2.45, 2.75) is 30.2 Å². The number of nitrogens with one attached hydrogen (secondary N) is 1. The average Bonchev–Trinajstić information content (AvgIpc) is 3.39. The summed E-state index contributed by atoms with van der Waals surface area (Å²) in [6.45, 7) is 0.570. The van der Waals surface area contributed by atoms with Crippen LogP contribution in [0.3, 0.4) is 0 Å². The molecule has 0 radical (unpaired) electrons. The third-order valence-corrected chi connectivity index (χ3v) is 7.29. The zero-order chi connectivity index (χ0) is 21.1. The van der Waals surface area contributed by atoms with Gasteiger partial charge in [-0.2, -0.15) is 0 Å². The van der Waals surface area contributed by atoms with Gasteiger partial charge >= 0.3 is 0 Å². The van der Waals surface area contributed by atoms with Crippen molar-refractivity contribution >= 4 is 32.4 Å². The zero-order valence-corrected chi connectivity index (χ0v) is 17.6. The van der Waals surface area contributed by atoms with Crippen molar-refractivity contribution in [2.75, 3.05) is 11.3 Å². The van der Waals surface area contributed by atoms with Gasteiger partial charge in [-0.1, -0.05) is 36.4 Å². The van der Waals surface area contributed by atoms with Crippen LogP contribution in [0.25, 0.3) is 0 Å². The molecule has 1 aliphatic rings. The Hall–Kier alpha value is -2.78. The Morgan fingerprint density at radius 1 is 1.17 bits per heavy atom. The van der Waals surface area contributed by atoms with Crippen LogP contribution < -0.4 is 4.72 Å². The lowest BCUT2D eigenvalue weighted by Crippen LogP contribution is -2.37. The number of hydrogen-bond acceptors (Lipinski definition) is 5. The van der Waals surface area contributed by atoms with Crippen LogP contribution in [0.15, 0.2) is 64.9 Å². The molecule has 1 aliphatic heterocycles. The standard InChI is InChI=1S/C21H20FN3O3S2/c22-18-11-5-4-7-15(18)13-16-8-6-12-25(16)20(26)19-14-29-21(23-19)24-30(27,28)17-9-2-1-3-10-17/h1-5,7,9-11,14,16H,6,8,12-13H2,(H,23,24). The van der Waals surface area contributed by atoms with Crippen LogP contribution in [-0.4, -0.2) is 36.8 Å². The van der Waals surface area contributed by atoms with E-state index in [1.54, 1.807) is 46.7 Å². The van der Waals surface area contributed by atoms with Gasteiger partial charge in [0.05, 0.1) is 4.90 Å². The number of thiazole rings is 1. The number of halogens is 1. The number of likely N-dealkylation sites (tertiary alicyclic amines) is 1. The lowest BCUT2D eigenvalue weighted by molar-refractivity contribution is 0.0731. The number of aromatic nitrogens is 1. The molecule has 9 heteroatoms. The quantitative estimate of drug-likeness (QED) is 0.624. The molecule has 4 rings (SSSR count). The van der Waals surface area contributed by atoms with Gasteiger partial charge in [-0.25, -0.2) is 17.8 Å². The number of anilines is 1. The Morgan fingerprint density at radius 2 is 1.90 bits per heavy atom. The fourth-order valence-electron chi connectivity index (χ4n) is 3.57. The van der Waals surface area contributed by atoms with Crippen LogP contribution in [0, 0.1) is 5.82 Å². The van der Waals surface area contributed by atoms with E-state index in [4.69, 9.17) is 0 Å². The van der Waals surface area contributed by atoms with E-state index in [1.807, 2.05) is 0 Å². The summed E-state index contributed by atoms with van der Waals surface area (Å²) in [5.74, 6) is -0.543. The molecular weight excluding hydrogens is 425 g/mol. The van der Waals surface area contributed by atoms with E-state index in [-0.39, 0.29) is 33.5 Å². The summed E-state index contributed by atoms with van der Waals surface area (Å²) >= 11 is 1.06. The van der Waals surface area contributed by atoms with Crippen LogP contribution in [0.1, 0.15) is 28.9 Å². The maximum Gasteiger partial charge on any atom is 0.273 e. The minimum Gasteiger partial charge on any atom is -0.334 e. The first kappa shape index (κ1) is 20.5. The van der Waals surface area contributed by atoms with Gasteiger partial charge < -0.3 is 4.90 Å². The molecule has 156 valence electrons. The highest BCUT2D eigenvalue weighted by molar-refractivity contribution is 7.93. The van der Waals surface area contributed by atoms with Crippen LogP contribution in [0.2, 0.25) is 0 Å². The van der Waals surface area contributed by atoms with Gasteiger partial charge in [0.2, 0.25) is 0 Å². The van der Waals surface area contributed by atoms with Gasteiger partial charge in [0.15, 0.2) is 5.13 Å². The summed E-state index contributed by atoms with van der Waals surface area (Å²) in [5, 5.41) is 1.68. The molecule has 2 aromatic carbocycles. The Morgan fingerprint density at radius 3 is 2.67 bits per heavy atom. The van der Waals surface area contributed by atoms with Crippen LogP contribution in [-0.2, 0) is 16.4 Å². The molecule has 0 saturated carbocycles. The first-order valence-electron chi connectivity index (χ1n) is 9.52. The van der Waals surface area contributed by atoms with Gasteiger partial charge in [-0.15, -0.1) is 11.3 Å². The minimum absolute atomic E-state index is 0.111. The zero-order valence-electron chi connectivity index (χ0n) is 16.0. The van der Waals surface area contributed by atoms with E-state index in [9.17, 15) is 17.6 Å². The maximum atomic E-state index is 14.0. The first-order chi connectivity index (χ1) is 14.4. The predicted molar refractivity (Wildman–Crippen MR) is 114 cm³/mol. The van der Waals surface area contributed by atoms with Crippen molar-refractivity contribution in [3.8, 4) is 0 Å². The number of amides is 1. The van der Waals surface area contributed by atoms with Crippen molar-refractivity contribution < 1.29 is 17.6 Å². The van der Waals surface area contributed by atoms with E-state index in [1.165, 1.54) is 18.2 Å². The number of benzene rings is 2. The Kier molecular flexibility index (Phi) is 5.83. The van der Waals surface area contributed by atoms with E-state index in [0.717, 1.165) is 24.2 Å². The molecule has 1 amide bonds. The molecule has 3 aromatic rings. The number of rotatable bonds is 6.